The van der Waals surface area contributed by atoms with Gasteiger partial charge in [-0.25, -0.2) is 10.0 Å². The average Bonchev–Trinajstić information content (AvgIpc) is 2.99. The number of unbranched alkanes of at least 4 members (excludes halogenated alkanes) is 18. The summed E-state index contributed by atoms with van der Waals surface area (Å²) >= 11 is 0. The maximum absolute atomic E-state index is 12.4. The highest BCUT2D eigenvalue weighted by Gasteiger charge is 2.22. The molecule has 0 bridgehead atoms. The minimum atomic E-state index is -0.131. The van der Waals surface area contributed by atoms with Gasteiger partial charge in [-0.05, 0) is 19.9 Å². The number of nitrogens with zero attached hydrogens (tertiary/aromatic N) is 3. The molecule has 7 heteroatoms. The lowest BCUT2D eigenvalue weighted by Crippen LogP contribution is -2.53. The number of hydrogen-bond donors (Lipinski definition) is 0. The van der Waals surface area contributed by atoms with E-state index in [1.807, 2.05) is 0 Å². The average molecular weight is 596 g/mol. The van der Waals surface area contributed by atoms with E-state index < -0.39 is 0 Å². The standard InChI is InChI=1S/C35H69N3O4/c1-4-6-8-10-12-14-16-18-20-22-32-41-34(39)24-26-37(38-30-28-36(3)29-31-38)27-25-35(40)42-33-23-21-19-17-15-13-11-9-7-5-2/h4-33H2,1-3H3. The van der Waals surface area contributed by atoms with Gasteiger partial charge >= 0.3 is 11.9 Å². The molecule has 1 aliphatic heterocycles. The third-order valence-electron chi connectivity index (χ3n) is 8.55. The van der Waals surface area contributed by atoms with Crippen molar-refractivity contribution in [2.45, 2.75) is 155 Å². The van der Waals surface area contributed by atoms with E-state index in [1.165, 1.54) is 103 Å². The predicted octanol–water partition coefficient (Wildman–Crippen LogP) is 8.16. The van der Waals surface area contributed by atoms with Crippen LogP contribution in [0.1, 0.15) is 155 Å². The van der Waals surface area contributed by atoms with Crippen LogP contribution in [0.5, 0.6) is 0 Å². The number of piperazine rings is 1. The molecule has 0 atom stereocenters. The van der Waals surface area contributed by atoms with Gasteiger partial charge in [0.2, 0.25) is 0 Å². The minimum absolute atomic E-state index is 0.131. The van der Waals surface area contributed by atoms with Crippen molar-refractivity contribution in [2.75, 3.05) is 59.5 Å². The lowest BCUT2D eigenvalue weighted by atomic mass is 10.1. The van der Waals surface area contributed by atoms with Gasteiger partial charge in [0.1, 0.15) is 0 Å². The van der Waals surface area contributed by atoms with Crippen molar-refractivity contribution < 1.29 is 19.1 Å². The quantitative estimate of drug-likeness (QED) is 0.0638. The minimum Gasteiger partial charge on any atom is -0.466 e. The van der Waals surface area contributed by atoms with E-state index in [0.717, 1.165) is 51.9 Å². The SMILES string of the molecule is CCCCCCCCCCCCOC(=O)CCN(CCC(=O)OCCCCCCCCCCCC)N1CCN(C)CC1. The Kier molecular flexibility index (Phi) is 26.4. The van der Waals surface area contributed by atoms with E-state index >= 15 is 0 Å². The Morgan fingerprint density at radius 2 is 0.857 bits per heavy atom. The highest BCUT2D eigenvalue weighted by atomic mass is 16.5. The van der Waals surface area contributed by atoms with Crippen LogP contribution in [0.25, 0.3) is 0 Å². The second-order valence-electron chi connectivity index (χ2n) is 12.5. The number of carbonyl (C=O) groups is 2. The van der Waals surface area contributed by atoms with Crippen LogP contribution in [-0.2, 0) is 19.1 Å². The Bertz CT molecular complexity index is 583. The van der Waals surface area contributed by atoms with Gasteiger partial charge in [0.25, 0.3) is 0 Å². The summed E-state index contributed by atoms with van der Waals surface area (Å²) in [6.45, 7) is 10.6. The normalized spacial score (nSPS) is 14.5. The van der Waals surface area contributed by atoms with Gasteiger partial charge in [-0.15, -0.1) is 0 Å². The van der Waals surface area contributed by atoms with Crippen LogP contribution in [0.4, 0.5) is 0 Å². The van der Waals surface area contributed by atoms with E-state index in [1.54, 1.807) is 0 Å². The van der Waals surface area contributed by atoms with E-state index in [0.29, 0.717) is 39.1 Å². The summed E-state index contributed by atoms with van der Waals surface area (Å²) in [6.07, 6.45) is 26.2. The van der Waals surface area contributed by atoms with Gasteiger partial charge in [0.15, 0.2) is 0 Å². The Morgan fingerprint density at radius 3 is 1.21 bits per heavy atom. The summed E-state index contributed by atoms with van der Waals surface area (Å²) in [4.78, 5) is 27.2. The fourth-order valence-electron chi connectivity index (χ4n) is 5.61. The lowest BCUT2D eigenvalue weighted by molar-refractivity contribution is -0.147. The van der Waals surface area contributed by atoms with Gasteiger partial charge in [-0.3, -0.25) is 9.59 Å². The second kappa shape index (κ2) is 28.6. The molecule has 248 valence electrons. The molecular formula is C35H69N3O4. The zero-order chi connectivity index (χ0) is 30.5. The summed E-state index contributed by atoms with van der Waals surface area (Å²) in [5.41, 5.74) is 0. The topological polar surface area (TPSA) is 62.3 Å². The molecule has 0 radical (unpaired) electrons. The van der Waals surface area contributed by atoms with Crippen LogP contribution in [-0.4, -0.2) is 86.4 Å². The molecule has 0 saturated carbocycles. The molecule has 0 unspecified atom stereocenters. The Morgan fingerprint density at radius 1 is 0.524 bits per heavy atom. The molecule has 0 aromatic heterocycles. The van der Waals surface area contributed by atoms with Gasteiger partial charge in [0.05, 0.1) is 26.1 Å². The summed E-state index contributed by atoms with van der Waals surface area (Å²) in [7, 11) is 2.14. The highest BCUT2D eigenvalue weighted by molar-refractivity contribution is 5.70. The van der Waals surface area contributed by atoms with Crippen LogP contribution in [0.3, 0.4) is 0 Å². The Balaban J connectivity index is 2.16. The van der Waals surface area contributed by atoms with Crippen LogP contribution >= 0.6 is 0 Å². The van der Waals surface area contributed by atoms with Crippen molar-refractivity contribution in [3.8, 4) is 0 Å². The van der Waals surface area contributed by atoms with Crippen molar-refractivity contribution in [3.05, 3.63) is 0 Å². The molecule has 0 amide bonds. The van der Waals surface area contributed by atoms with E-state index in [9.17, 15) is 9.59 Å². The second-order valence-corrected chi connectivity index (χ2v) is 12.5. The van der Waals surface area contributed by atoms with Gasteiger partial charge in [-0.2, -0.15) is 0 Å². The maximum atomic E-state index is 12.4. The van der Waals surface area contributed by atoms with E-state index in [4.69, 9.17) is 9.47 Å². The summed E-state index contributed by atoms with van der Waals surface area (Å²) in [6, 6.07) is 0. The first kappa shape index (κ1) is 38.8. The van der Waals surface area contributed by atoms with Crippen molar-refractivity contribution in [1.82, 2.24) is 14.9 Å². The van der Waals surface area contributed by atoms with Gasteiger partial charge in [-0.1, -0.05) is 129 Å². The van der Waals surface area contributed by atoms with Crippen LogP contribution in [0.2, 0.25) is 0 Å². The third kappa shape index (κ3) is 23.3. The van der Waals surface area contributed by atoms with Crippen molar-refractivity contribution in [3.63, 3.8) is 0 Å². The number of hydrogen-bond acceptors (Lipinski definition) is 7. The zero-order valence-corrected chi connectivity index (χ0v) is 28.2. The number of ether oxygens (including phenoxy) is 2. The molecule has 0 aromatic rings. The molecule has 0 aliphatic carbocycles. The molecule has 0 N–H and O–H groups in total. The van der Waals surface area contributed by atoms with E-state index in [2.05, 4.69) is 35.8 Å². The van der Waals surface area contributed by atoms with E-state index in [-0.39, 0.29) is 11.9 Å². The molecule has 1 aliphatic rings. The fraction of sp³-hybridized carbons (Fsp3) is 0.943. The number of hydrazine groups is 1. The van der Waals surface area contributed by atoms with Crippen molar-refractivity contribution in [2.24, 2.45) is 0 Å². The third-order valence-corrected chi connectivity index (χ3v) is 8.55. The molecule has 1 heterocycles. The van der Waals surface area contributed by atoms with Gasteiger partial charge < -0.3 is 14.4 Å². The van der Waals surface area contributed by atoms with Crippen molar-refractivity contribution in [1.29, 1.82) is 0 Å². The molecule has 42 heavy (non-hydrogen) atoms. The summed E-state index contributed by atoms with van der Waals surface area (Å²) < 4.78 is 11.1. The van der Waals surface area contributed by atoms with Crippen molar-refractivity contribution >= 4 is 11.9 Å². The molecule has 0 aromatic carbocycles. The monoisotopic (exact) mass is 596 g/mol. The summed E-state index contributed by atoms with van der Waals surface area (Å²) in [5.74, 6) is -0.262. The first-order valence-corrected chi connectivity index (χ1v) is 18.1. The van der Waals surface area contributed by atoms with Crippen LogP contribution in [0, 0.1) is 0 Å². The summed E-state index contributed by atoms with van der Waals surface area (Å²) in [5, 5.41) is 4.47. The molecule has 1 fully saturated rings. The molecule has 1 rings (SSSR count). The number of likely N-dealkylation sites (N-methyl/N-ethyl adjacent to an activating group) is 1. The largest absolute Gasteiger partial charge is 0.466 e. The number of carbonyl (C=O) groups excluding carboxylic acids is 2. The zero-order valence-electron chi connectivity index (χ0n) is 28.2. The molecule has 1 saturated heterocycles. The predicted molar refractivity (Wildman–Crippen MR) is 175 cm³/mol. The molecule has 0 spiro atoms. The first-order chi connectivity index (χ1) is 20.6. The Hall–Kier alpha value is -1.18. The van der Waals surface area contributed by atoms with Gasteiger partial charge in [0, 0.05) is 39.3 Å². The van der Waals surface area contributed by atoms with Crippen LogP contribution < -0.4 is 0 Å². The Labute approximate surface area is 260 Å². The number of rotatable bonds is 29. The highest BCUT2D eigenvalue weighted by Crippen LogP contribution is 2.13. The lowest BCUT2D eigenvalue weighted by Gasteiger charge is -2.40. The van der Waals surface area contributed by atoms with Crippen LogP contribution in [0.15, 0.2) is 0 Å². The number of esters is 2. The maximum Gasteiger partial charge on any atom is 0.307 e. The first-order valence-electron chi connectivity index (χ1n) is 18.1. The molecule has 7 nitrogen and oxygen atoms in total. The smallest absolute Gasteiger partial charge is 0.307 e. The fourth-order valence-corrected chi connectivity index (χ4v) is 5.61. The molecular weight excluding hydrogens is 526 g/mol.